The zero-order chi connectivity index (χ0) is 10.2. The quantitative estimate of drug-likeness (QED) is 0.644. The lowest BCUT2D eigenvalue weighted by Crippen LogP contribution is -1.93. The third-order valence-electron chi connectivity index (χ3n) is 1.89. The van der Waals surface area contributed by atoms with E-state index in [1.54, 1.807) is 0 Å². The van der Waals surface area contributed by atoms with Crippen LogP contribution in [0.5, 0.6) is 5.75 Å². The minimum atomic E-state index is 0.636. The molecule has 1 aromatic carbocycles. The topological polar surface area (TPSA) is 9.23 Å². The van der Waals surface area contributed by atoms with Gasteiger partial charge in [-0.05, 0) is 31.0 Å². The van der Waals surface area contributed by atoms with Crippen LogP contribution in [0, 0.1) is 0 Å². The first-order chi connectivity index (χ1) is 6.86. The van der Waals surface area contributed by atoms with Gasteiger partial charge in [-0.25, -0.2) is 0 Å². The molecule has 0 atom stereocenters. The summed E-state index contributed by atoms with van der Waals surface area (Å²) in [6.07, 6.45) is 6.77. The molecule has 0 aliphatic heterocycles. The Hall–Kier alpha value is -1.50. The highest BCUT2D eigenvalue weighted by Gasteiger charge is 1.92. The van der Waals surface area contributed by atoms with E-state index in [0.29, 0.717) is 6.61 Å². The smallest absolute Gasteiger partial charge is 0.119 e. The van der Waals surface area contributed by atoms with Crippen LogP contribution in [-0.4, -0.2) is 6.61 Å². The second-order valence-electron chi connectivity index (χ2n) is 3.02. The Morgan fingerprint density at radius 3 is 2.57 bits per heavy atom. The van der Waals surface area contributed by atoms with Crippen molar-refractivity contribution < 1.29 is 4.74 Å². The molecule has 74 valence electrons. The molecule has 0 heterocycles. The number of rotatable bonds is 5. The summed E-state index contributed by atoms with van der Waals surface area (Å²) in [6, 6.07) is 8.10. The monoisotopic (exact) mass is 188 g/mol. The van der Waals surface area contributed by atoms with Crippen molar-refractivity contribution in [3.8, 4) is 5.75 Å². The minimum absolute atomic E-state index is 0.636. The van der Waals surface area contributed by atoms with Crippen molar-refractivity contribution in [2.24, 2.45) is 0 Å². The van der Waals surface area contributed by atoms with Crippen LogP contribution in [0.1, 0.15) is 12.5 Å². The maximum atomic E-state index is 5.47. The molecule has 14 heavy (non-hydrogen) atoms. The minimum Gasteiger partial charge on any atom is -0.490 e. The van der Waals surface area contributed by atoms with Gasteiger partial charge < -0.3 is 4.74 Å². The fourth-order valence-electron chi connectivity index (χ4n) is 1.13. The van der Waals surface area contributed by atoms with Crippen molar-refractivity contribution in [1.29, 1.82) is 0 Å². The Bertz CT molecular complexity index is 296. The average Bonchev–Trinajstić information content (AvgIpc) is 2.21. The fourth-order valence-corrected chi connectivity index (χ4v) is 1.13. The highest BCUT2D eigenvalue weighted by atomic mass is 16.5. The van der Waals surface area contributed by atoms with Crippen LogP contribution < -0.4 is 4.74 Å². The van der Waals surface area contributed by atoms with E-state index in [2.05, 4.69) is 18.7 Å². The molecule has 0 unspecified atom stereocenters. The van der Waals surface area contributed by atoms with Gasteiger partial charge in [-0.1, -0.05) is 30.4 Å². The van der Waals surface area contributed by atoms with Crippen molar-refractivity contribution in [3.05, 3.63) is 54.6 Å². The van der Waals surface area contributed by atoms with Gasteiger partial charge >= 0.3 is 0 Å². The molecular weight excluding hydrogens is 172 g/mol. The summed E-state index contributed by atoms with van der Waals surface area (Å²) in [6.45, 7) is 6.32. The Labute approximate surface area is 85.7 Å². The Balaban J connectivity index is 2.50. The molecule has 0 saturated carbocycles. The summed E-state index contributed by atoms with van der Waals surface area (Å²) in [7, 11) is 0. The van der Waals surface area contributed by atoms with Crippen molar-refractivity contribution in [1.82, 2.24) is 0 Å². The van der Waals surface area contributed by atoms with E-state index in [9.17, 15) is 0 Å². The van der Waals surface area contributed by atoms with Crippen molar-refractivity contribution in [2.45, 2.75) is 13.3 Å². The summed E-state index contributed by atoms with van der Waals surface area (Å²) in [4.78, 5) is 0. The van der Waals surface area contributed by atoms with E-state index >= 15 is 0 Å². The van der Waals surface area contributed by atoms with Crippen molar-refractivity contribution in [2.75, 3.05) is 6.61 Å². The van der Waals surface area contributed by atoms with Crippen LogP contribution in [0.2, 0.25) is 0 Å². The van der Waals surface area contributed by atoms with E-state index in [0.717, 1.165) is 12.2 Å². The molecule has 1 aromatic rings. The molecule has 1 nitrogen and oxygen atoms in total. The van der Waals surface area contributed by atoms with Gasteiger partial charge in [-0.3, -0.25) is 0 Å². The average molecular weight is 188 g/mol. The normalized spacial score (nSPS) is 10.4. The molecule has 0 N–H and O–H groups in total. The van der Waals surface area contributed by atoms with E-state index in [4.69, 9.17) is 4.74 Å². The van der Waals surface area contributed by atoms with Crippen molar-refractivity contribution in [3.63, 3.8) is 0 Å². The van der Waals surface area contributed by atoms with Crippen LogP contribution in [0.15, 0.2) is 49.1 Å². The molecular formula is C13H16O. The van der Waals surface area contributed by atoms with Crippen LogP contribution in [-0.2, 0) is 6.42 Å². The van der Waals surface area contributed by atoms with E-state index in [1.165, 1.54) is 5.56 Å². The molecule has 0 amide bonds. The van der Waals surface area contributed by atoms with Gasteiger partial charge in [0.2, 0.25) is 0 Å². The van der Waals surface area contributed by atoms with Crippen LogP contribution in [0.25, 0.3) is 0 Å². The largest absolute Gasteiger partial charge is 0.490 e. The van der Waals surface area contributed by atoms with Crippen molar-refractivity contribution >= 4 is 0 Å². The number of benzene rings is 1. The van der Waals surface area contributed by atoms with Crippen LogP contribution >= 0.6 is 0 Å². The Morgan fingerprint density at radius 1 is 1.29 bits per heavy atom. The SMILES string of the molecule is C=CCc1ccc(OC/C=C/C)cc1. The van der Waals surface area contributed by atoms with E-state index in [-0.39, 0.29) is 0 Å². The maximum absolute atomic E-state index is 5.47. The molecule has 0 saturated heterocycles. The zero-order valence-corrected chi connectivity index (χ0v) is 8.57. The third kappa shape index (κ3) is 3.48. The number of hydrogen-bond acceptors (Lipinski definition) is 1. The maximum Gasteiger partial charge on any atom is 0.119 e. The Morgan fingerprint density at radius 2 is 2.00 bits per heavy atom. The third-order valence-corrected chi connectivity index (χ3v) is 1.89. The van der Waals surface area contributed by atoms with Gasteiger partial charge in [0, 0.05) is 0 Å². The lowest BCUT2D eigenvalue weighted by molar-refractivity contribution is 0.362. The Kier molecular flexibility index (Phi) is 4.56. The van der Waals surface area contributed by atoms with E-state index < -0.39 is 0 Å². The zero-order valence-electron chi connectivity index (χ0n) is 8.57. The first kappa shape index (κ1) is 10.6. The number of hydrogen-bond donors (Lipinski definition) is 0. The fraction of sp³-hybridized carbons (Fsp3) is 0.231. The first-order valence-electron chi connectivity index (χ1n) is 4.80. The highest BCUT2D eigenvalue weighted by molar-refractivity contribution is 5.28. The van der Waals surface area contributed by atoms with Gasteiger partial charge in [-0.15, -0.1) is 6.58 Å². The molecule has 0 radical (unpaired) electrons. The van der Waals surface area contributed by atoms with Gasteiger partial charge in [0.1, 0.15) is 12.4 Å². The predicted molar refractivity (Wildman–Crippen MR) is 60.7 cm³/mol. The number of ether oxygens (including phenoxy) is 1. The van der Waals surface area contributed by atoms with Gasteiger partial charge in [0.15, 0.2) is 0 Å². The predicted octanol–water partition coefficient (Wildman–Crippen LogP) is 3.37. The summed E-state index contributed by atoms with van der Waals surface area (Å²) in [5.41, 5.74) is 1.26. The van der Waals surface area contributed by atoms with Crippen LogP contribution in [0.3, 0.4) is 0 Å². The molecule has 0 bridgehead atoms. The number of allylic oxidation sites excluding steroid dienone is 2. The van der Waals surface area contributed by atoms with Gasteiger partial charge in [0.25, 0.3) is 0 Å². The molecule has 0 aliphatic rings. The molecule has 0 aromatic heterocycles. The summed E-state index contributed by atoms with van der Waals surface area (Å²) >= 11 is 0. The summed E-state index contributed by atoms with van der Waals surface area (Å²) in [5.74, 6) is 0.913. The molecule has 1 heteroatoms. The lowest BCUT2D eigenvalue weighted by Gasteiger charge is -2.03. The molecule has 0 fully saturated rings. The standard InChI is InChI=1S/C13H16O/c1-3-5-11-14-13-9-7-12(6-4-2)8-10-13/h3-5,7-10H,2,6,11H2,1H3/b5-3+. The van der Waals surface area contributed by atoms with Gasteiger partial charge in [0.05, 0.1) is 0 Å². The second-order valence-corrected chi connectivity index (χ2v) is 3.02. The molecule has 0 aliphatic carbocycles. The summed E-state index contributed by atoms with van der Waals surface area (Å²) < 4.78 is 5.47. The van der Waals surface area contributed by atoms with E-state index in [1.807, 2.05) is 37.3 Å². The second kappa shape index (κ2) is 6.03. The van der Waals surface area contributed by atoms with Crippen LogP contribution in [0.4, 0.5) is 0 Å². The molecule has 1 rings (SSSR count). The summed E-state index contributed by atoms with van der Waals surface area (Å²) in [5, 5.41) is 0. The highest BCUT2D eigenvalue weighted by Crippen LogP contribution is 2.12. The molecule has 0 spiro atoms. The first-order valence-corrected chi connectivity index (χ1v) is 4.80. The van der Waals surface area contributed by atoms with Gasteiger partial charge in [-0.2, -0.15) is 0 Å². The lowest BCUT2D eigenvalue weighted by atomic mass is 10.1.